The Morgan fingerprint density at radius 1 is 0.833 bits per heavy atom. The Morgan fingerprint density at radius 3 is 1.22 bits per heavy atom. The SMILES string of the molecule is C#N.CCC[CH2][Sn]([CH2]CCC)[CH2]CCC.[CH-]=C.[Cu+]. The molecule has 0 saturated carbocycles. The van der Waals surface area contributed by atoms with Crippen molar-refractivity contribution in [2.45, 2.75) is 72.6 Å². The maximum atomic E-state index is 6.50. The second-order valence-corrected chi connectivity index (χ2v) is 12.6. The van der Waals surface area contributed by atoms with E-state index in [0.29, 0.717) is 0 Å². The second-order valence-electron chi connectivity index (χ2n) is 4.06. The monoisotopic (exact) mass is 408 g/mol. The number of nitrogens with zero attached hydrogens (tertiary/aromatic N) is 1. The third-order valence-electron chi connectivity index (χ3n) is 2.65. The van der Waals surface area contributed by atoms with Crippen molar-refractivity contribution in [2.24, 2.45) is 0 Å². The van der Waals surface area contributed by atoms with Gasteiger partial charge in [0, 0.05) is 6.57 Å². The fraction of sp³-hybridized carbons (Fsp3) is 0.800. The molecular formula is C15H31CuNSn. The molecule has 0 rings (SSSR count). The fourth-order valence-electron chi connectivity index (χ4n) is 1.66. The van der Waals surface area contributed by atoms with Crippen molar-refractivity contribution in [3.05, 3.63) is 13.2 Å². The zero-order chi connectivity index (χ0) is 13.9. The minimum absolute atomic E-state index is 0. The molecule has 0 aliphatic heterocycles. The van der Waals surface area contributed by atoms with Crippen LogP contribution in [0.5, 0.6) is 0 Å². The minimum atomic E-state index is -0.839. The summed E-state index contributed by atoms with van der Waals surface area (Å²) >= 11 is -0.839. The Bertz CT molecular complexity index is 121. The van der Waals surface area contributed by atoms with Crippen LogP contribution < -0.4 is 0 Å². The predicted octanol–water partition coefficient (Wildman–Crippen LogP) is 5.62. The number of hydrogen-bond acceptors (Lipinski definition) is 1. The Kier molecular flexibility index (Phi) is 45.8. The van der Waals surface area contributed by atoms with Gasteiger partial charge in [0.15, 0.2) is 0 Å². The predicted molar refractivity (Wildman–Crippen MR) is 81.5 cm³/mol. The average molecular weight is 408 g/mol. The number of rotatable bonds is 9. The van der Waals surface area contributed by atoms with Gasteiger partial charge in [-0.2, -0.15) is 0 Å². The molecular weight excluding hydrogens is 376 g/mol. The van der Waals surface area contributed by atoms with E-state index in [9.17, 15) is 0 Å². The van der Waals surface area contributed by atoms with Crippen LogP contribution in [0, 0.1) is 18.4 Å². The van der Waals surface area contributed by atoms with Crippen LogP contribution in [0.2, 0.25) is 13.3 Å². The summed E-state index contributed by atoms with van der Waals surface area (Å²) in [6, 6.07) is 0. The Hall–Kier alpha value is 0.548. The molecule has 3 heteroatoms. The Balaban J connectivity index is -0.000000177. The van der Waals surface area contributed by atoms with Gasteiger partial charge in [-0.3, -0.25) is 6.58 Å². The molecule has 18 heavy (non-hydrogen) atoms. The molecule has 0 aliphatic carbocycles. The van der Waals surface area contributed by atoms with Crippen molar-refractivity contribution in [1.82, 2.24) is 0 Å². The van der Waals surface area contributed by atoms with Crippen LogP contribution in [0.15, 0.2) is 6.58 Å². The minimum Gasteiger partial charge on any atom is -0.521 e. The van der Waals surface area contributed by atoms with Gasteiger partial charge in [-0.1, -0.05) is 0 Å². The van der Waals surface area contributed by atoms with Gasteiger partial charge < -0.3 is 6.58 Å². The maximum absolute atomic E-state index is 6.50. The van der Waals surface area contributed by atoms with Crippen molar-refractivity contribution >= 4 is 19.8 Å². The second kappa shape index (κ2) is 30.5. The smallest absolute Gasteiger partial charge is 0.521 e. The molecule has 1 nitrogen and oxygen atoms in total. The maximum Gasteiger partial charge on any atom is 1.00 e. The van der Waals surface area contributed by atoms with Gasteiger partial charge in [-0.25, -0.2) is 5.26 Å². The molecule has 0 aromatic carbocycles. The number of nitriles is 1. The van der Waals surface area contributed by atoms with Crippen molar-refractivity contribution in [1.29, 1.82) is 5.26 Å². The van der Waals surface area contributed by atoms with Crippen molar-refractivity contribution in [3.8, 4) is 6.57 Å². The molecule has 0 fully saturated rings. The van der Waals surface area contributed by atoms with Crippen LogP contribution >= 0.6 is 0 Å². The van der Waals surface area contributed by atoms with Gasteiger partial charge >= 0.3 is 109 Å². The Labute approximate surface area is 134 Å². The van der Waals surface area contributed by atoms with Crippen LogP contribution in [0.1, 0.15) is 59.3 Å². The molecule has 0 heterocycles. The first-order chi connectivity index (χ1) is 8.35. The van der Waals surface area contributed by atoms with E-state index < -0.39 is 19.8 Å². The third kappa shape index (κ3) is 25.4. The first-order valence-electron chi connectivity index (χ1n) is 6.85. The summed E-state index contributed by atoms with van der Waals surface area (Å²) in [5.74, 6) is 0. The summed E-state index contributed by atoms with van der Waals surface area (Å²) in [5, 5.41) is 6.50. The molecule has 1 radical (unpaired) electrons. The molecule has 0 bridgehead atoms. The zero-order valence-corrected chi connectivity index (χ0v) is 16.3. The van der Waals surface area contributed by atoms with E-state index in [1.165, 1.54) is 38.5 Å². The number of unbranched alkanes of at least 4 members (excludes halogenated alkanes) is 3. The van der Waals surface area contributed by atoms with Gasteiger partial charge in [0.05, 0.1) is 0 Å². The molecule has 0 aromatic heterocycles. The zero-order valence-electron chi connectivity index (χ0n) is 12.5. The first-order valence-corrected chi connectivity index (χ1v) is 12.9. The quantitative estimate of drug-likeness (QED) is 0.359. The normalized spacial score (nSPS) is 8.33. The molecule has 0 aromatic rings. The summed E-state index contributed by atoms with van der Waals surface area (Å²) in [6.45, 7) is 17.5. The summed E-state index contributed by atoms with van der Waals surface area (Å²) in [7, 11) is 0. The molecule has 0 unspecified atom stereocenters. The van der Waals surface area contributed by atoms with Gasteiger partial charge in [-0.15, -0.1) is 0 Å². The fourth-order valence-corrected chi connectivity index (χ4v) is 11.1. The van der Waals surface area contributed by atoms with Gasteiger partial charge in [0.1, 0.15) is 0 Å². The van der Waals surface area contributed by atoms with Crippen LogP contribution in [-0.2, 0) is 17.1 Å². The molecule has 0 atom stereocenters. The summed E-state index contributed by atoms with van der Waals surface area (Å²) in [4.78, 5) is 0. The van der Waals surface area contributed by atoms with Gasteiger partial charge in [0.2, 0.25) is 0 Å². The third-order valence-corrected chi connectivity index (χ3v) is 11.7. The first kappa shape index (κ1) is 27.0. The van der Waals surface area contributed by atoms with Crippen LogP contribution in [0.4, 0.5) is 0 Å². The summed E-state index contributed by atoms with van der Waals surface area (Å²) < 4.78 is 5.04. The van der Waals surface area contributed by atoms with E-state index in [1.54, 1.807) is 13.3 Å². The van der Waals surface area contributed by atoms with E-state index in [-0.39, 0.29) is 17.1 Å². The summed E-state index contributed by atoms with van der Waals surface area (Å²) in [5.41, 5.74) is 0. The van der Waals surface area contributed by atoms with Crippen molar-refractivity contribution in [3.63, 3.8) is 0 Å². The topological polar surface area (TPSA) is 23.8 Å². The van der Waals surface area contributed by atoms with E-state index in [1.807, 2.05) is 0 Å². The van der Waals surface area contributed by atoms with Crippen LogP contribution in [0.25, 0.3) is 0 Å². The van der Waals surface area contributed by atoms with E-state index >= 15 is 0 Å². The molecule has 111 valence electrons. The molecule has 0 N–H and O–H groups in total. The molecule has 0 amide bonds. The Morgan fingerprint density at radius 2 is 1.06 bits per heavy atom. The molecule has 0 spiro atoms. The van der Waals surface area contributed by atoms with E-state index in [2.05, 4.69) is 40.5 Å². The number of hydrogen-bond donors (Lipinski definition) is 0. The summed E-state index contributed by atoms with van der Waals surface area (Å²) in [6.07, 6.45) is 8.85. The average Bonchev–Trinajstić information content (AvgIpc) is 2.42. The largest absolute Gasteiger partial charge is 1.00 e. The van der Waals surface area contributed by atoms with E-state index in [0.717, 1.165) is 0 Å². The van der Waals surface area contributed by atoms with E-state index in [4.69, 9.17) is 5.26 Å². The molecule has 0 aliphatic rings. The van der Waals surface area contributed by atoms with Gasteiger partial charge in [-0.05, 0) is 0 Å². The molecule has 0 saturated heterocycles. The van der Waals surface area contributed by atoms with Crippen LogP contribution in [-0.4, -0.2) is 19.8 Å². The van der Waals surface area contributed by atoms with Crippen molar-refractivity contribution < 1.29 is 17.1 Å². The standard InChI is InChI=1S/3C4H9.C2H3.CHN.Cu.Sn/c3*1-3-4-2;2*1-2;;/h3*1,3-4H2,2H3;1H,2H2;1H;;/q;;;-1;;+1;. The van der Waals surface area contributed by atoms with Gasteiger partial charge in [0.25, 0.3) is 0 Å². The van der Waals surface area contributed by atoms with Crippen LogP contribution in [0.3, 0.4) is 0 Å². The van der Waals surface area contributed by atoms with Crippen molar-refractivity contribution in [2.75, 3.05) is 0 Å².